The number of aliphatic hydroxyl groups is 1. The maximum atomic E-state index is 15.1. The van der Waals surface area contributed by atoms with Crippen LogP contribution in [0.3, 0.4) is 0 Å². The number of carbonyl (C=O) groups is 4. The van der Waals surface area contributed by atoms with Crippen LogP contribution in [-0.2, 0) is 30.4 Å². The SMILES string of the molecule is CNc1nc(Nc2ccc(C(=O)N3CCN(C[C@H]4CO[C@H](CSC(C)(C)C(NC(=O)C5(F)CC5)C(=O)N5C[C@H](O)C[C@H]5C(=O)NCc5ccc(-c6scnc6C)cc5)CO4)CC3)cc2OC)ncc1Cl. The molecule has 4 amide bonds. The van der Waals surface area contributed by atoms with Gasteiger partial charge in [-0.1, -0.05) is 35.9 Å². The Morgan fingerprint density at radius 1 is 1.06 bits per heavy atom. The maximum absolute atomic E-state index is 15.1. The van der Waals surface area contributed by atoms with Crippen LogP contribution in [0.4, 0.5) is 21.8 Å². The fraction of sp³-hybridized carbons (Fsp3) is 0.521. The van der Waals surface area contributed by atoms with Gasteiger partial charge in [-0.3, -0.25) is 24.1 Å². The zero-order valence-corrected chi connectivity index (χ0v) is 42.2. The number of benzene rings is 2. The van der Waals surface area contributed by atoms with E-state index >= 15 is 4.39 Å². The van der Waals surface area contributed by atoms with Gasteiger partial charge in [-0.05, 0) is 62.9 Å². The van der Waals surface area contributed by atoms with Gasteiger partial charge in [0, 0.05) is 75.3 Å². The number of nitrogens with zero attached hydrogens (tertiary/aromatic N) is 6. The lowest BCUT2D eigenvalue weighted by Gasteiger charge is -2.39. The summed E-state index contributed by atoms with van der Waals surface area (Å²) in [5.41, 5.74) is 3.66. The number of thioether (sulfide) groups is 1. The predicted molar refractivity (Wildman–Crippen MR) is 266 cm³/mol. The number of anilines is 3. The number of halogens is 2. The number of nitrogens with one attached hydrogen (secondary N) is 4. The number of β-amino-alcohol motifs (C(OH)–C–C–N with tert-alkyl or cyclic N) is 1. The topological polar surface area (TPSA) is 213 Å². The zero-order valence-electron chi connectivity index (χ0n) is 39.8. The standard InChI is InChI=1S/C48H60ClFN10O8S2/c1-28-39(69-27-54-28)30-8-6-29(7-9-30)20-52-42(62)37-19-32(61)22-60(37)44(64)40(56-45(65)48(50)12-13-48)47(2,3)70-26-34-25-67-33(24-68-34)23-58-14-16-59(17-15-58)43(63)31-10-11-36(38(18-31)66-5)55-46-53-21-35(49)41(51-4)57-46/h6-11,18,21,27,32-34,37,40,61H,12-17,19-20,22-26H2,1-5H3,(H,52,62)(H,56,65)(H2,51,53,55,57)/t32-,33+,34+,37+,40?/m1/s1. The molecule has 0 spiro atoms. The highest BCUT2D eigenvalue weighted by Crippen LogP contribution is 2.41. The van der Waals surface area contributed by atoms with Crippen LogP contribution < -0.4 is 26.0 Å². The van der Waals surface area contributed by atoms with Crippen molar-refractivity contribution in [1.29, 1.82) is 0 Å². The number of rotatable bonds is 18. The minimum Gasteiger partial charge on any atom is -0.495 e. The number of hydrogen-bond acceptors (Lipinski definition) is 16. The summed E-state index contributed by atoms with van der Waals surface area (Å²) in [6.45, 7) is 9.26. The molecule has 5 N–H and O–H groups in total. The van der Waals surface area contributed by atoms with E-state index in [1.54, 1.807) is 55.9 Å². The van der Waals surface area contributed by atoms with Crippen molar-refractivity contribution in [2.75, 3.05) is 83.0 Å². The number of carbonyl (C=O) groups excluding carboxylic acids is 4. The summed E-state index contributed by atoms with van der Waals surface area (Å²) in [6, 6.07) is 10.8. The highest BCUT2D eigenvalue weighted by atomic mass is 35.5. The van der Waals surface area contributed by atoms with Crippen LogP contribution >= 0.6 is 34.7 Å². The average molecular weight is 1020 g/mol. The van der Waals surface area contributed by atoms with Crippen molar-refractivity contribution in [3.63, 3.8) is 0 Å². The number of aliphatic hydroxyl groups excluding tert-OH is 1. The fourth-order valence-corrected chi connectivity index (χ4v) is 10.8. The van der Waals surface area contributed by atoms with E-state index in [2.05, 4.69) is 41.1 Å². The molecule has 8 rings (SSSR count). The molecular weight excluding hydrogens is 963 g/mol. The number of methoxy groups -OCH3 is 1. The third kappa shape index (κ3) is 12.1. The van der Waals surface area contributed by atoms with Crippen LogP contribution in [0.2, 0.25) is 5.02 Å². The number of likely N-dealkylation sites (tertiary alicyclic amines) is 1. The van der Waals surface area contributed by atoms with Gasteiger partial charge in [-0.25, -0.2) is 14.4 Å². The summed E-state index contributed by atoms with van der Waals surface area (Å²) >= 11 is 9.07. The van der Waals surface area contributed by atoms with Crippen LogP contribution in [0.5, 0.6) is 5.75 Å². The smallest absolute Gasteiger partial charge is 0.258 e. The highest BCUT2D eigenvalue weighted by molar-refractivity contribution is 8.00. The van der Waals surface area contributed by atoms with E-state index in [1.165, 1.54) is 30.0 Å². The second-order valence-corrected chi connectivity index (χ2v) is 21.5. The molecule has 2 aromatic carbocycles. The molecule has 2 aromatic heterocycles. The second-order valence-electron chi connectivity index (χ2n) is 18.5. The van der Waals surface area contributed by atoms with E-state index < -0.39 is 46.3 Å². The third-order valence-electron chi connectivity index (χ3n) is 13.1. The lowest BCUT2D eigenvalue weighted by Crippen LogP contribution is -2.61. The zero-order chi connectivity index (χ0) is 49.7. The summed E-state index contributed by atoms with van der Waals surface area (Å²) < 4.78 is 32.3. The Labute approximate surface area is 419 Å². The van der Waals surface area contributed by atoms with Gasteiger partial charge in [0.2, 0.25) is 17.8 Å². The fourth-order valence-electron chi connectivity index (χ4n) is 8.69. The molecule has 3 aliphatic heterocycles. The van der Waals surface area contributed by atoms with Crippen molar-refractivity contribution in [2.45, 2.75) is 87.4 Å². The minimum atomic E-state index is -2.04. The van der Waals surface area contributed by atoms with Crippen LogP contribution in [0, 0.1) is 6.92 Å². The Morgan fingerprint density at radius 2 is 1.79 bits per heavy atom. The Kier molecular flexibility index (Phi) is 16.2. The number of hydrogen-bond donors (Lipinski definition) is 5. The molecule has 0 bridgehead atoms. The number of piperazine rings is 1. The molecule has 3 saturated heterocycles. The van der Waals surface area contributed by atoms with Crippen LogP contribution in [0.15, 0.2) is 54.2 Å². The van der Waals surface area contributed by atoms with E-state index in [0.717, 1.165) is 21.7 Å². The Morgan fingerprint density at radius 3 is 2.44 bits per heavy atom. The van der Waals surface area contributed by atoms with E-state index in [4.69, 9.17) is 25.8 Å². The van der Waals surface area contributed by atoms with Gasteiger partial charge < -0.3 is 50.4 Å². The summed E-state index contributed by atoms with van der Waals surface area (Å²) in [5.74, 6) is -0.320. The van der Waals surface area contributed by atoms with Crippen molar-refractivity contribution >= 4 is 75.8 Å². The van der Waals surface area contributed by atoms with Crippen LogP contribution in [0.25, 0.3) is 10.4 Å². The quantitative estimate of drug-likeness (QED) is 0.0917. The van der Waals surface area contributed by atoms with Crippen molar-refractivity contribution in [3.8, 4) is 16.2 Å². The van der Waals surface area contributed by atoms with Crippen LogP contribution in [-0.4, -0.2) is 172 Å². The molecule has 4 fully saturated rings. The second kappa shape index (κ2) is 22.1. The molecular formula is C48H60ClFN10O8S2. The van der Waals surface area contributed by atoms with E-state index in [0.29, 0.717) is 85.5 Å². The first-order chi connectivity index (χ1) is 33.5. The van der Waals surface area contributed by atoms with Crippen molar-refractivity contribution in [3.05, 3.63) is 76.0 Å². The van der Waals surface area contributed by atoms with Crippen molar-refractivity contribution < 1.29 is 42.9 Å². The molecule has 1 unspecified atom stereocenters. The lowest BCUT2D eigenvalue weighted by atomic mass is 10.00. The number of alkyl halides is 1. The number of thiazole rings is 1. The van der Waals surface area contributed by atoms with Gasteiger partial charge >= 0.3 is 0 Å². The van der Waals surface area contributed by atoms with Gasteiger partial charge in [-0.15, -0.1) is 11.3 Å². The Hall–Kier alpha value is -5.16. The largest absolute Gasteiger partial charge is 0.495 e. The molecule has 70 heavy (non-hydrogen) atoms. The van der Waals surface area contributed by atoms with E-state index in [9.17, 15) is 24.3 Å². The normalized spacial score (nSPS) is 21.7. The van der Waals surface area contributed by atoms with Crippen molar-refractivity contribution in [2.24, 2.45) is 0 Å². The van der Waals surface area contributed by atoms with E-state index in [-0.39, 0.29) is 50.5 Å². The Bertz CT molecular complexity index is 2520. The van der Waals surface area contributed by atoms with Gasteiger partial charge in [-0.2, -0.15) is 16.7 Å². The summed E-state index contributed by atoms with van der Waals surface area (Å²) in [4.78, 5) is 74.3. The molecule has 4 aliphatic rings. The van der Waals surface area contributed by atoms with Crippen LogP contribution in [0.1, 0.15) is 54.7 Å². The summed E-state index contributed by atoms with van der Waals surface area (Å²) in [6.07, 6.45) is 0.167. The highest BCUT2D eigenvalue weighted by Gasteiger charge is 2.54. The van der Waals surface area contributed by atoms with Gasteiger partial charge in [0.1, 0.15) is 28.7 Å². The molecule has 1 saturated carbocycles. The molecule has 1 aliphatic carbocycles. The van der Waals surface area contributed by atoms with E-state index in [1.807, 2.05) is 36.1 Å². The first-order valence-electron chi connectivity index (χ1n) is 23.3. The summed E-state index contributed by atoms with van der Waals surface area (Å²) in [7, 11) is 3.24. The Balaban J connectivity index is 0.808. The monoisotopic (exact) mass is 1020 g/mol. The lowest BCUT2D eigenvalue weighted by molar-refractivity contribution is -0.143. The molecule has 5 atom stereocenters. The first-order valence-corrected chi connectivity index (χ1v) is 25.6. The maximum Gasteiger partial charge on any atom is 0.258 e. The molecule has 376 valence electrons. The molecule has 18 nitrogen and oxygen atoms in total. The number of aryl methyl sites for hydroxylation is 1. The minimum absolute atomic E-state index is 0.0229. The predicted octanol–water partition coefficient (Wildman–Crippen LogP) is 4.67. The van der Waals surface area contributed by atoms with Crippen molar-refractivity contribution in [1.82, 2.24) is 40.3 Å². The van der Waals surface area contributed by atoms with Gasteiger partial charge in [0.05, 0.1) is 66.6 Å². The molecule has 5 heterocycles. The molecule has 22 heteroatoms. The average Bonchev–Trinajstić information content (AvgIpc) is 3.77. The van der Waals surface area contributed by atoms with Gasteiger partial charge in [0.15, 0.2) is 5.67 Å². The summed E-state index contributed by atoms with van der Waals surface area (Å²) in [5, 5.41) is 22.8. The number of ether oxygens (including phenoxy) is 3. The van der Waals surface area contributed by atoms with Gasteiger partial charge in [0.25, 0.3) is 11.8 Å². The number of aromatic nitrogens is 3. The third-order valence-corrected chi connectivity index (χ3v) is 15.9. The number of amides is 4. The first kappa shape index (κ1) is 51.2. The molecule has 4 aromatic rings. The molecule has 0 radical (unpaired) electrons.